The molecular formula is C13H19N3O4S. The molecule has 2 amide bonds. The third-order valence-electron chi connectivity index (χ3n) is 2.79. The van der Waals surface area contributed by atoms with E-state index in [0.29, 0.717) is 5.00 Å². The summed E-state index contributed by atoms with van der Waals surface area (Å²) in [5.41, 5.74) is 4.97. The van der Waals surface area contributed by atoms with E-state index in [1.54, 1.807) is 5.38 Å². The molecular weight excluding hydrogens is 294 g/mol. The minimum absolute atomic E-state index is 0.0914. The van der Waals surface area contributed by atoms with Crippen LogP contribution in [-0.2, 0) is 9.59 Å². The lowest BCUT2D eigenvalue weighted by Crippen LogP contribution is -2.48. The van der Waals surface area contributed by atoms with Gasteiger partial charge in [0, 0.05) is 5.54 Å². The third-order valence-corrected chi connectivity index (χ3v) is 3.62. The number of amides is 2. The Kier molecular flexibility index (Phi) is 5.45. The summed E-state index contributed by atoms with van der Waals surface area (Å²) in [6.07, 6.45) is 0. The number of hydrogen-bond acceptors (Lipinski definition) is 5. The summed E-state index contributed by atoms with van der Waals surface area (Å²) in [4.78, 5) is 35.6. The first-order valence-electron chi connectivity index (χ1n) is 6.25. The molecule has 4 N–H and O–H groups in total. The topological polar surface area (TPSA) is 113 Å². The average Bonchev–Trinajstić information content (AvgIpc) is 2.74. The van der Waals surface area contributed by atoms with Crippen molar-refractivity contribution in [2.45, 2.75) is 26.3 Å². The maximum absolute atomic E-state index is 12.0. The van der Waals surface area contributed by atoms with Crippen LogP contribution in [-0.4, -0.2) is 46.4 Å². The summed E-state index contributed by atoms with van der Waals surface area (Å²) in [7, 11) is 0. The van der Waals surface area contributed by atoms with Crippen molar-refractivity contribution in [1.82, 2.24) is 4.90 Å². The van der Waals surface area contributed by atoms with E-state index >= 15 is 0 Å². The van der Waals surface area contributed by atoms with Gasteiger partial charge in [-0.25, -0.2) is 0 Å². The highest BCUT2D eigenvalue weighted by Gasteiger charge is 2.26. The molecule has 0 aliphatic carbocycles. The Morgan fingerprint density at radius 3 is 2.43 bits per heavy atom. The molecule has 1 rings (SSSR count). The molecule has 0 unspecified atom stereocenters. The third kappa shape index (κ3) is 5.16. The second kappa shape index (κ2) is 6.68. The van der Waals surface area contributed by atoms with Crippen molar-refractivity contribution in [1.29, 1.82) is 0 Å². The molecule has 8 heteroatoms. The molecule has 0 saturated heterocycles. The van der Waals surface area contributed by atoms with Gasteiger partial charge in [-0.3, -0.25) is 19.3 Å². The van der Waals surface area contributed by atoms with Crippen LogP contribution in [0.15, 0.2) is 11.4 Å². The van der Waals surface area contributed by atoms with Crippen molar-refractivity contribution in [3.05, 3.63) is 17.0 Å². The van der Waals surface area contributed by atoms with Crippen LogP contribution in [0.1, 0.15) is 31.1 Å². The molecule has 0 fully saturated rings. The number of carbonyl (C=O) groups is 3. The van der Waals surface area contributed by atoms with Gasteiger partial charge >= 0.3 is 5.97 Å². The highest BCUT2D eigenvalue weighted by molar-refractivity contribution is 7.14. The Morgan fingerprint density at radius 2 is 1.95 bits per heavy atom. The Bertz CT molecular complexity index is 548. The van der Waals surface area contributed by atoms with Gasteiger partial charge in [-0.05, 0) is 32.2 Å². The van der Waals surface area contributed by atoms with Crippen LogP contribution < -0.4 is 11.1 Å². The fraction of sp³-hybridized carbons (Fsp3) is 0.462. The van der Waals surface area contributed by atoms with Crippen molar-refractivity contribution in [2.75, 3.05) is 18.4 Å². The minimum atomic E-state index is -1.01. The summed E-state index contributed by atoms with van der Waals surface area (Å²) >= 11 is 1.19. The fourth-order valence-corrected chi connectivity index (χ4v) is 2.44. The van der Waals surface area contributed by atoms with Crippen LogP contribution in [0.2, 0.25) is 0 Å². The molecule has 1 aromatic rings. The van der Waals surface area contributed by atoms with Gasteiger partial charge in [0.25, 0.3) is 5.91 Å². The summed E-state index contributed by atoms with van der Waals surface area (Å²) in [5.74, 6) is -2.02. The van der Waals surface area contributed by atoms with Crippen LogP contribution in [0.3, 0.4) is 0 Å². The number of carboxylic acid groups (broad SMARTS) is 1. The molecule has 1 heterocycles. The van der Waals surface area contributed by atoms with Gasteiger partial charge in [-0.2, -0.15) is 0 Å². The van der Waals surface area contributed by atoms with Gasteiger partial charge in [-0.15, -0.1) is 11.3 Å². The van der Waals surface area contributed by atoms with Crippen LogP contribution in [0, 0.1) is 0 Å². The molecule has 1 aromatic heterocycles. The number of carboxylic acids is 1. The largest absolute Gasteiger partial charge is 0.480 e. The van der Waals surface area contributed by atoms with Gasteiger partial charge in [0.15, 0.2) is 0 Å². The zero-order chi connectivity index (χ0) is 16.2. The lowest BCUT2D eigenvalue weighted by molar-refractivity contribution is -0.140. The summed E-state index contributed by atoms with van der Waals surface area (Å²) in [6, 6.07) is 1.53. The van der Waals surface area contributed by atoms with E-state index < -0.39 is 23.3 Å². The van der Waals surface area contributed by atoms with E-state index in [-0.39, 0.29) is 18.7 Å². The average molecular weight is 313 g/mol. The van der Waals surface area contributed by atoms with E-state index in [1.807, 2.05) is 20.8 Å². The standard InChI is InChI=1S/C13H19N3O4S/c1-13(2,3)16(7-10(18)19)6-9(17)15-12-8(11(14)20)4-5-21-12/h4-5H,6-7H2,1-3H3,(H2,14,20)(H,15,17)(H,18,19). The van der Waals surface area contributed by atoms with Crippen molar-refractivity contribution >= 4 is 34.1 Å². The number of anilines is 1. The zero-order valence-corrected chi connectivity index (χ0v) is 13.0. The number of nitrogens with one attached hydrogen (secondary N) is 1. The SMILES string of the molecule is CC(C)(C)N(CC(=O)O)CC(=O)Nc1sccc1C(N)=O. The molecule has 0 saturated carbocycles. The van der Waals surface area contributed by atoms with E-state index in [1.165, 1.54) is 22.3 Å². The Labute approximate surface area is 126 Å². The first-order valence-corrected chi connectivity index (χ1v) is 7.13. The Balaban J connectivity index is 2.76. The quantitative estimate of drug-likeness (QED) is 0.724. The van der Waals surface area contributed by atoms with Crippen LogP contribution >= 0.6 is 11.3 Å². The number of hydrogen-bond donors (Lipinski definition) is 3. The number of nitrogens with two attached hydrogens (primary N) is 1. The van der Waals surface area contributed by atoms with Gasteiger partial charge in [0.2, 0.25) is 5.91 Å². The van der Waals surface area contributed by atoms with E-state index in [2.05, 4.69) is 5.32 Å². The lowest BCUT2D eigenvalue weighted by Gasteiger charge is -2.33. The normalized spacial score (nSPS) is 11.4. The second-order valence-electron chi connectivity index (χ2n) is 5.50. The van der Waals surface area contributed by atoms with Gasteiger partial charge in [0.1, 0.15) is 5.00 Å². The Morgan fingerprint density at radius 1 is 1.33 bits per heavy atom. The summed E-state index contributed by atoms with van der Waals surface area (Å²) in [6.45, 7) is 5.13. The monoisotopic (exact) mass is 313 g/mol. The molecule has 0 aliphatic heterocycles. The predicted octanol–water partition coefficient (Wildman–Crippen LogP) is 0.971. The second-order valence-corrected chi connectivity index (χ2v) is 6.41. The molecule has 0 atom stereocenters. The molecule has 0 spiro atoms. The van der Waals surface area contributed by atoms with Crippen molar-refractivity contribution in [2.24, 2.45) is 5.73 Å². The van der Waals surface area contributed by atoms with Gasteiger partial charge in [0.05, 0.1) is 18.7 Å². The van der Waals surface area contributed by atoms with E-state index in [9.17, 15) is 14.4 Å². The number of aliphatic carboxylic acids is 1. The number of thiophene rings is 1. The molecule has 0 aliphatic rings. The Hall–Kier alpha value is -1.93. The van der Waals surface area contributed by atoms with E-state index in [4.69, 9.17) is 10.8 Å². The zero-order valence-electron chi connectivity index (χ0n) is 12.2. The molecule has 0 bridgehead atoms. The molecule has 116 valence electrons. The van der Waals surface area contributed by atoms with Crippen molar-refractivity contribution < 1.29 is 19.5 Å². The summed E-state index contributed by atoms with van der Waals surface area (Å²) in [5, 5.41) is 13.5. The maximum Gasteiger partial charge on any atom is 0.317 e. The van der Waals surface area contributed by atoms with Crippen LogP contribution in [0.25, 0.3) is 0 Å². The number of nitrogens with zero attached hydrogens (tertiary/aromatic N) is 1. The number of primary amides is 1. The van der Waals surface area contributed by atoms with Gasteiger partial charge in [-0.1, -0.05) is 0 Å². The summed E-state index contributed by atoms with van der Waals surface area (Å²) < 4.78 is 0. The molecule has 21 heavy (non-hydrogen) atoms. The number of rotatable bonds is 6. The minimum Gasteiger partial charge on any atom is -0.480 e. The first-order chi connectivity index (χ1) is 9.61. The highest BCUT2D eigenvalue weighted by Crippen LogP contribution is 2.23. The first kappa shape index (κ1) is 17.1. The predicted molar refractivity (Wildman–Crippen MR) is 80.4 cm³/mol. The van der Waals surface area contributed by atoms with E-state index in [0.717, 1.165) is 0 Å². The van der Waals surface area contributed by atoms with Crippen LogP contribution in [0.4, 0.5) is 5.00 Å². The number of carbonyl (C=O) groups excluding carboxylic acids is 2. The van der Waals surface area contributed by atoms with Crippen LogP contribution in [0.5, 0.6) is 0 Å². The van der Waals surface area contributed by atoms with Crippen molar-refractivity contribution in [3.8, 4) is 0 Å². The van der Waals surface area contributed by atoms with Gasteiger partial charge < -0.3 is 16.2 Å². The maximum atomic E-state index is 12.0. The lowest BCUT2D eigenvalue weighted by atomic mass is 10.1. The molecule has 7 nitrogen and oxygen atoms in total. The molecule has 0 aromatic carbocycles. The highest BCUT2D eigenvalue weighted by atomic mass is 32.1. The van der Waals surface area contributed by atoms with Crippen molar-refractivity contribution in [3.63, 3.8) is 0 Å². The fourth-order valence-electron chi connectivity index (χ4n) is 1.63. The smallest absolute Gasteiger partial charge is 0.317 e. The molecule has 0 radical (unpaired) electrons.